The lowest BCUT2D eigenvalue weighted by Gasteiger charge is -2.18. The van der Waals surface area contributed by atoms with E-state index in [1.54, 1.807) is 12.1 Å². The molecule has 0 saturated heterocycles. The van der Waals surface area contributed by atoms with Gasteiger partial charge in [-0.25, -0.2) is 4.39 Å². The molecule has 0 bridgehead atoms. The van der Waals surface area contributed by atoms with Gasteiger partial charge >= 0.3 is 5.97 Å². The van der Waals surface area contributed by atoms with Crippen molar-refractivity contribution >= 4 is 11.9 Å². The molecule has 1 atom stereocenters. The summed E-state index contributed by atoms with van der Waals surface area (Å²) in [6, 6.07) is 22.9. The first-order chi connectivity index (χ1) is 14.0. The standard InChI is InChI=1S/C24H22FNO3/c1-29-24(28)16-22(20-11-13-21(25)14-12-20)26-23(27)15-17-7-9-19(10-8-17)18-5-3-2-4-6-18/h2-14,22H,15-16H2,1H3,(H,26,27). The number of rotatable bonds is 7. The second-order valence-electron chi connectivity index (χ2n) is 6.69. The average Bonchev–Trinajstić information content (AvgIpc) is 2.75. The molecule has 0 aliphatic rings. The highest BCUT2D eigenvalue weighted by Gasteiger charge is 2.19. The van der Waals surface area contributed by atoms with Crippen LogP contribution in [0.25, 0.3) is 11.1 Å². The Kier molecular flexibility index (Phi) is 6.74. The third kappa shape index (κ3) is 5.75. The van der Waals surface area contributed by atoms with Gasteiger partial charge in [-0.2, -0.15) is 0 Å². The smallest absolute Gasteiger partial charge is 0.307 e. The lowest BCUT2D eigenvalue weighted by Crippen LogP contribution is -2.31. The topological polar surface area (TPSA) is 55.4 Å². The van der Waals surface area contributed by atoms with Crippen LogP contribution in [0.1, 0.15) is 23.6 Å². The Morgan fingerprint density at radius 2 is 1.52 bits per heavy atom. The Hall–Kier alpha value is -3.47. The van der Waals surface area contributed by atoms with E-state index < -0.39 is 12.0 Å². The summed E-state index contributed by atoms with van der Waals surface area (Å²) in [5, 5.41) is 2.85. The minimum atomic E-state index is -0.584. The van der Waals surface area contributed by atoms with Gasteiger partial charge in [0.05, 0.1) is 26.0 Å². The van der Waals surface area contributed by atoms with Crippen LogP contribution in [0, 0.1) is 5.82 Å². The van der Waals surface area contributed by atoms with Gasteiger partial charge in [0, 0.05) is 0 Å². The monoisotopic (exact) mass is 391 g/mol. The molecule has 5 heteroatoms. The molecule has 29 heavy (non-hydrogen) atoms. The van der Waals surface area contributed by atoms with Crippen LogP contribution in [0.15, 0.2) is 78.9 Å². The third-order valence-corrected chi connectivity index (χ3v) is 4.63. The maximum Gasteiger partial charge on any atom is 0.307 e. The third-order valence-electron chi connectivity index (χ3n) is 4.63. The van der Waals surface area contributed by atoms with E-state index in [-0.39, 0.29) is 24.6 Å². The molecule has 0 aromatic heterocycles. The number of methoxy groups -OCH3 is 1. The van der Waals surface area contributed by atoms with Crippen molar-refractivity contribution in [3.8, 4) is 11.1 Å². The first kappa shape index (κ1) is 20.3. The van der Waals surface area contributed by atoms with E-state index >= 15 is 0 Å². The Morgan fingerprint density at radius 1 is 0.897 bits per heavy atom. The molecule has 0 aliphatic carbocycles. The van der Waals surface area contributed by atoms with E-state index in [1.165, 1.54) is 19.2 Å². The van der Waals surface area contributed by atoms with E-state index in [0.29, 0.717) is 5.56 Å². The van der Waals surface area contributed by atoms with Gasteiger partial charge in [-0.05, 0) is 34.4 Å². The Labute approximate surface area is 169 Å². The largest absolute Gasteiger partial charge is 0.469 e. The zero-order valence-corrected chi connectivity index (χ0v) is 16.1. The predicted octanol–water partition coefficient (Wildman–Crippen LogP) is 4.46. The quantitative estimate of drug-likeness (QED) is 0.605. The Balaban J connectivity index is 1.67. The molecule has 1 unspecified atom stereocenters. The fraction of sp³-hybridized carbons (Fsp3) is 0.167. The average molecular weight is 391 g/mol. The summed E-state index contributed by atoms with van der Waals surface area (Å²) in [5.74, 6) is -1.06. The maximum absolute atomic E-state index is 13.2. The van der Waals surface area contributed by atoms with E-state index in [4.69, 9.17) is 4.74 Å². The van der Waals surface area contributed by atoms with Crippen LogP contribution in [0.5, 0.6) is 0 Å². The number of carbonyl (C=O) groups is 2. The predicted molar refractivity (Wildman–Crippen MR) is 109 cm³/mol. The van der Waals surface area contributed by atoms with Gasteiger partial charge in [0.15, 0.2) is 0 Å². The first-order valence-corrected chi connectivity index (χ1v) is 9.31. The van der Waals surface area contributed by atoms with Gasteiger partial charge in [-0.1, -0.05) is 66.7 Å². The maximum atomic E-state index is 13.2. The van der Waals surface area contributed by atoms with Crippen molar-refractivity contribution in [1.29, 1.82) is 0 Å². The van der Waals surface area contributed by atoms with E-state index in [2.05, 4.69) is 5.32 Å². The summed E-state index contributed by atoms with van der Waals surface area (Å²) in [7, 11) is 1.29. The van der Waals surface area contributed by atoms with Crippen molar-refractivity contribution in [3.63, 3.8) is 0 Å². The van der Waals surface area contributed by atoms with Crippen LogP contribution >= 0.6 is 0 Å². The molecular weight excluding hydrogens is 369 g/mol. The summed E-state index contributed by atoms with van der Waals surface area (Å²) in [4.78, 5) is 24.3. The van der Waals surface area contributed by atoms with Crippen molar-refractivity contribution in [1.82, 2.24) is 5.32 Å². The Morgan fingerprint density at radius 3 is 2.14 bits per heavy atom. The van der Waals surface area contributed by atoms with Crippen LogP contribution < -0.4 is 5.32 Å². The normalized spacial score (nSPS) is 11.5. The van der Waals surface area contributed by atoms with E-state index in [1.807, 2.05) is 54.6 Å². The molecule has 3 aromatic carbocycles. The number of amides is 1. The minimum absolute atomic E-state index is 0.0270. The molecule has 0 spiro atoms. The van der Waals surface area contributed by atoms with Crippen molar-refractivity contribution in [2.24, 2.45) is 0 Å². The van der Waals surface area contributed by atoms with E-state index in [0.717, 1.165) is 16.7 Å². The zero-order valence-electron chi connectivity index (χ0n) is 16.1. The van der Waals surface area contributed by atoms with Gasteiger partial charge in [-0.15, -0.1) is 0 Å². The van der Waals surface area contributed by atoms with Crippen molar-refractivity contribution in [3.05, 3.63) is 95.8 Å². The lowest BCUT2D eigenvalue weighted by molar-refractivity contribution is -0.141. The molecule has 1 N–H and O–H groups in total. The number of hydrogen-bond donors (Lipinski definition) is 1. The van der Waals surface area contributed by atoms with Gasteiger partial charge < -0.3 is 10.1 Å². The lowest BCUT2D eigenvalue weighted by atomic mass is 10.0. The summed E-state index contributed by atoms with van der Waals surface area (Å²) >= 11 is 0. The molecule has 3 aromatic rings. The van der Waals surface area contributed by atoms with Crippen LogP contribution in [0.4, 0.5) is 4.39 Å². The minimum Gasteiger partial charge on any atom is -0.469 e. The summed E-state index contributed by atoms with van der Waals surface area (Å²) in [6.07, 6.45) is 0.148. The van der Waals surface area contributed by atoms with Gasteiger partial charge in [0.2, 0.25) is 5.91 Å². The van der Waals surface area contributed by atoms with Gasteiger partial charge in [0.1, 0.15) is 5.82 Å². The van der Waals surface area contributed by atoms with Gasteiger partial charge in [0.25, 0.3) is 0 Å². The number of ether oxygens (including phenoxy) is 1. The SMILES string of the molecule is COC(=O)CC(NC(=O)Cc1ccc(-c2ccccc2)cc1)c1ccc(F)cc1. The Bertz CT molecular complexity index is 954. The second kappa shape index (κ2) is 9.64. The van der Waals surface area contributed by atoms with Crippen LogP contribution in [-0.2, 0) is 20.7 Å². The molecule has 1 amide bonds. The highest BCUT2D eigenvalue weighted by Crippen LogP contribution is 2.21. The fourth-order valence-electron chi connectivity index (χ4n) is 3.07. The van der Waals surface area contributed by atoms with Crippen LogP contribution in [0.3, 0.4) is 0 Å². The zero-order chi connectivity index (χ0) is 20.6. The van der Waals surface area contributed by atoms with Crippen molar-refractivity contribution in [2.75, 3.05) is 7.11 Å². The van der Waals surface area contributed by atoms with Gasteiger partial charge in [-0.3, -0.25) is 9.59 Å². The van der Waals surface area contributed by atoms with Crippen LogP contribution in [0.2, 0.25) is 0 Å². The summed E-state index contributed by atoms with van der Waals surface area (Å²) in [5.41, 5.74) is 3.69. The number of carbonyl (C=O) groups excluding carboxylic acids is 2. The number of halogens is 1. The fourth-order valence-corrected chi connectivity index (χ4v) is 3.07. The summed E-state index contributed by atoms with van der Waals surface area (Å²) in [6.45, 7) is 0. The molecule has 0 aliphatic heterocycles. The van der Waals surface area contributed by atoms with Crippen LogP contribution in [-0.4, -0.2) is 19.0 Å². The van der Waals surface area contributed by atoms with Crippen molar-refractivity contribution in [2.45, 2.75) is 18.9 Å². The van der Waals surface area contributed by atoms with E-state index in [9.17, 15) is 14.0 Å². The molecule has 0 radical (unpaired) electrons. The number of benzene rings is 3. The highest BCUT2D eigenvalue weighted by molar-refractivity contribution is 5.80. The molecule has 4 nitrogen and oxygen atoms in total. The second-order valence-corrected chi connectivity index (χ2v) is 6.69. The molecular formula is C24H22FNO3. The molecule has 0 saturated carbocycles. The highest BCUT2D eigenvalue weighted by atomic mass is 19.1. The first-order valence-electron chi connectivity index (χ1n) is 9.31. The number of nitrogens with one attached hydrogen (secondary N) is 1. The van der Waals surface area contributed by atoms with Crippen molar-refractivity contribution < 1.29 is 18.7 Å². The number of esters is 1. The molecule has 3 rings (SSSR count). The molecule has 0 heterocycles. The summed E-state index contributed by atoms with van der Waals surface area (Å²) < 4.78 is 17.9. The molecule has 0 fully saturated rings. The molecule has 148 valence electrons. The number of hydrogen-bond acceptors (Lipinski definition) is 3.